The zero-order valence-electron chi connectivity index (χ0n) is 13.1. The first kappa shape index (κ1) is 14.7. The van der Waals surface area contributed by atoms with Crippen molar-refractivity contribution in [2.75, 3.05) is 11.4 Å². The van der Waals surface area contributed by atoms with Gasteiger partial charge in [0.2, 0.25) is 5.78 Å². The van der Waals surface area contributed by atoms with Gasteiger partial charge >= 0.3 is 0 Å². The average molecular weight is 353 g/mol. The van der Waals surface area contributed by atoms with Crippen molar-refractivity contribution in [1.82, 2.24) is 0 Å². The molecule has 2 aliphatic heterocycles. The van der Waals surface area contributed by atoms with Crippen LogP contribution in [0.5, 0.6) is 0 Å². The van der Waals surface area contributed by atoms with E-state index in [0.717, 1.165) is 16.7 Å². The van der Waals surface area contributed by atoms with Crippen LogP contribution in [-0.2, 0) is 0 Å². The number of anilines is 1. The predicted octanol–water partition coefficient (Wildman–Crippen LogP) is 3.95. The highest BCUT2D eigenvalue weighted by atomic mass is 35.5. The number of ketones is 1. The zero-order valence-corrected chi connectivity index (χ0v) is 13.8. The third kappa shape index (κ3) is 2.00. The number of halogens is 1. The van der Waals surface area contributed by atoms with Gasteiger partial charge in [0.1, 0.15) is 11.4 Å². The van der Waals surface area contributed by atoms with Gasteiger partial charge in [0.25, 0.3) is 0 Å². The van der Waals surface area contributed by atoms with Crippen LogP contribution in [0.4, 0.5) is 11.4 Å². The van der Waals surface area contributed by atoms with Gasteiger partial charge < -0.3 is 14.4 Å². The molecule has 0 unspecified atom stereocenters. The summed E-state index contributed by atoms with van der Waals surface area (Å²) in [6, 6.07) is 12.6. The first-order valence-corrected chi connectivity index (χ1v) is 8.35. The van der Waals surface area contributed by atoms with Crippen LogP contribution in [0.3, 0.4) is 0 Å². The van der Waals surface area contributed by atoms with Gasteiger partial charge in [0, 0.05) is 40.7 Å². The second-order valence-corrected chi connectivity index (χ2v) is 6.77. The van der Waals surface area contributed by atoms with E-state index in [1.807, 2.05) is 29.2 Å². The maximum atomic E-state index is 12.9. The number of aliphatic imine (C=N–C) groups is 1. The molecule has 2 aliphatic rings. The van der Waals surface area contributed by atoms with Crippen LogP contribution in [-0.4, -0.2) is 28.9 Å². The number of amidine groups is 1. The molecule has 3 aromatic rings. The summed E-state index contributed by atoms with van der Waals surface area (Å²) in [5.74, 6) is 0.00908. The fourth-order valence-electron chi connectivity index (χ4n) is 3.57. The number of rotatable bonds is 1. The first-order chi connectivity index (χ1) is 12.1. The summed E-state index contributed by atoms with van der Waals surface area (Å²) < 4.78 is 5.46. The van der Waals surface area contributed by atoms with Gasteiger partial charge in [-0.1, -0.05) is 11.6 Å². The van der Waals surface area contributed by atoms with E-state index in [4.69, 9.17) is 16.0 Å². The minimum absolute atomic E-state index is 0.285. The van der Waals surface area contributed by atoms with Crippen LogP contribution in [0, 0.1) is 0 Å². The Morgan fingerprint density at radius 1 is 1.20 bits per heavy atom. The normalized spacial score (nSPS) is 22.1. The number of fused-ring (bicyclic) bond motifs is 3. The molecule has 124 valence electrons. The second kappa shape index (κ2) is 4.94. The van der Waals surface area contributed by atoms with Crippen molar-refractivity contribution in [2.45, 2.75) is 12.0 Å². The lowest BCUT2D eigenvalue weighted by atomic mass is 9.87. The highest BCUT2D eigenvalue weighted by Gasteiger charge is 2.52. The molecule has 1 aromatic heterocycles. The van der Waals surface area contributed by atoms with Crippen molar-refractivity contribution in [3.63, 3.8) is 0 Å². The number of Topliss-reactive ketones (excluding diaryl/α,β-unsaturated/α-hetero) is 1. The van der Waals surface area contributed by atoms with Gasteiger partial charge in [-0.05, 0) is 36.4 Å². The van der Waals surface area contributed by atoms with Crippen LogP contribution >= 0.6 is 11.6 Å². The number of carbonyl (C=O) groups excluding carboxylic acids is 1. The highest BCUT2D eigenvalue weighted by Crippen LogP contribution is 2.40. The molecule has 1 saturated heterocycles. The molecular weight excluding hydrogens is 340 g/mol. The maximum absolute atomic E-state index is 12.9. The Bertz CT molecular complexity index is 1070. The molecule has 0 amide bonds. The van der Waals surface area contributed by atoms with E-state index >= 15 is 0 Å². The molecule has 0 spiro atoms. The molecule has 0 bridgehead atoms. The quantitative estimate of drug-likeness (QED) is 0.720. The lowest BCUT2D eigenvalue weighted by Crippen LogP contribution is -2.48. The number of carbonyl (C=O) groups is 1. The van der Waals surface area contributed by atoms with Crippen molar-refractivity contribution in [3.05, 3.63) is 59.3 Å². The number of hydrogen-bond donors (Lipinski definition) is 1. The third-order valence-corrected chi connectivity index (χ3v) is 5.11. The molecule has 3 heterocycles. The van der Waals surface area contributed by atoms with Gasteiger partial charge in [-0.3, -0.25) is 4.79 Å². The van der Waals surface area contributed by atoms with Crippen molar-refractivity contribution in [3.8, 4) is 0 Å². The van der Waals surface area contributed by atoms with Crippen molar-refractivity contribution < 1.29 is 14.3 Å². The van der Waals surface area contributed by atoms with E-state index in [9.17, 15) is 9.90 Å². The van der Waals surface area contributed by atoms with Crippen LogP contribution in [0.2, 0.25) is 5.02 Å². The van der Waals surface area contributed by atoms with E-state index in [1.165, 1.54) is 0 Å². The van der Waals surface area contributed by atoms with Crippen LogP contribution in [0.15, 0.2) is 58.1 Å². The highest BCUT2D eigenvalue weighted by molar-refractivity contribution is 6.33. The molecule has 1 atom stereocenters. The second-order valence-electron chi connectivity index (χ2n) is 6.33. The van der Waals surface area contributed by atoms with Crippen LogP contribution < -0.4 is 4.90 Å². The Hall–Kier alpha value is -2.63. The fraction of sp³-hybridized carbons (Fsp3) is 0.158. The molecule has 0 saturated carbocycles. The molecule has 0 radical (unpaired) electrons. The molecule has 5 nitrogen and oxygen atoms in total. The largest absolute Gasteiger partial charge is 0.464 e. The van der Waals surface area contributed by atoms with Gasteiger partial charge in [0.15, 0.2) is 5.60 Å². The van der Waals surface area contributed by atoms with E-state index < -0.39 is 5.60 Å². The summed E-state index contributed by atoms with van der Waals surface area (Å²) >= 11 is 6.00. The first-order valence-electron chi connectivity index (χ1n) is 7.97. The third-order valence-electron chi connectivity index (χ3n) is 4.88. The molecule has 0 aliphatic carbocycles. The van der Waals surface area contributed by atoms with Gasteiger partial charge in [-0.15, -0.1) is 0 Å². The summed E-state index contributed by atoms with van der Waals surface area (Å²) in [7, 11) is 0. The fourth-order valence-corrected chi connectivity index (χ4v) is 3.74. The molecule has 25 heavy (non-hydrogen) atoms. The Morgan fingerprint density at radius 3 is 2.96 bits per heavy atom. The Kier molecular flexibility index (Phi) is 2.90. The maximum Gasteiger partial charge on any atom is 0.204 e. The van der Waals surface area contributed by atoms with Crippen LogP contribution in [0.25, 0.3) is 11.0 Å². The summed E-state index contributed by atoms with van der Waals surface area (Å²) in [5.41, 5.74) is 0.864. The molecule has 1 fully saturated rings. The zero-order chi connectivity index (χ0) is 17.2. The molecule has 6 heteroatoms. The number of nitrogens with zero attached hydrogens (tertiary/aromatic N) is 2. The van der Waals surface area contributed by atoms with Gasteiger partial charge in [0.05, 0.1) is 12.0 Å². The number of hydrogen-bond acceptors (Lipinski definition) is 5. The van der Waals surface area contributed by atoms with Crippen molar-refractivity contribution >= 4 is 45.6 Å². The minimum atomic E-state index is -1.62. The van der Waals surface area contributed by atoms with Gasteiger partial charge in [-0.25, -0.2) is 4.99 Å². The summed E-state index contributed by atoms with van der Waals surface area (Å²) in [6.07, 6.45) is 1.92. The summed E-state index contributed by atoms with van der Waals surface area (Å²) in [4.78, 5) is 19.3. The molecule has 1 N–H and O–H groups in total. The summed E-state index contributed by atoms with van der Waals surface area (Å²) in [5, 5.41) is 12.5. The van der Waals surface area contributed by atoms with Gasteiger partial charge in [-0.2, -0.15) is 0 Å². The number of aliphatic hydroxyl groups is 1. The molecule has 2 aromatic carbocycles. The SMILES string of the molecule is O=C1c2cc(Cl)ccc2N=C2N(c3ccc4ccoc4c3)CC[C@@]12O. The Balaban J connectivity index is 1.67. The van der Waals surface area contributed by atoms with E-state index in [0.29, 0.717) is 28.7 Å². The van der Waals surface area contributed by atoms with E-state index in [2.05, 4.69) is 4.99 Å². The molecular formula is C19H13ClN2O3. The van der Waals surface area contributed by atoms with E-state index in [-0.39, 0.29) is 12.2 Å². The Labute approximate surface area is 148 Å². The lowest BCUT2D eigenvalue weighted by molar-refractivity contribution is 0.0602. The summed E-state index contributed by atoms with van der Waals surface area (Å²) in [6.45, 7) is 0.495. The minimum Gasteiger partial charge on any atom is -0.464 e. The predicted molar refractivity (Wildman–Crippen MR) is 96.0 cm³/mol. The standard InChI is InChI=1S/C19H13ClN2O3/c20-12-2-4-15-14(9-12)17(23)19(24)6-7-22(18(19)21-15)13-3-1-11-5-8-25-16(11)10-13/h1-5,8-10,24H,6-7H2/t19-/m1/s1. The smallest absolute Gasteiger partial charge is 0.204 e. The lowest BCUT2D eigenvalue weighted by Gasteiger charge is -2.29. The number of furan rings is 1. The monoisotopic (exact) mass is 352 g/mol. The van der Waals surface area contributed by atoms with Crippen molar-refractivity contribution in [1.29, 1.82) is 0 Å². The van der Waals surface area contributed by atoms with E-state index in [1.54, 1.807) is 24.5 Å². The molecule has 5 rings (SSSR count). The Morgan fingerprint density at radius 2 is 2.08 bits per heavy atom. The topological polar surface area (TPSA) is 66.0 Å². The number of benzene rings is 2. The van der Waals surface area contributed by atoms with Crippen molar-refractivity contribution in [2.24, 2.45) is 4.99 Å². The average Bonchev–Trinajstić information content (AvgIpc) is 3.20. The van der Waals surface area contributed by atoms with Crippen LogP contribution in [0.1, 0.15) is 16.8 Å².